The normalized spacial score (nSPS) is 25.2. The Kier molecular flexibility index (Phi) is 4.21. The van der Waals surface area contributed by atoms with E-state index in [9.17, 15) is 4.79 Å². The van der Waals surface area contributed by atoms with E-state index in [1.807, 2.05) is 6.07 Å². The summed E-state index contributed by atoms with van der Waals surface area (Å²) in [6.07, 6.45) is 8.17. The van der Waals surface area contributed by atoms with Gasteiger partial charge in [-0.1, -0.05) is 36.2 Å². The third-order valence-electron chi connectivity index (χ3n) is 6.63. The van der Waals surface area contributed by atoms with Crippen LogP contribution in [-0.2, 0) is 16.8 Å². The molecule has 5 rings (SSSR count). The molecule has 2 aliphatic heterocycles. The number of halogens is 1. The van der Waals surface area contributed by atoms with Gasteiger partial charge in [-0.2, -0.15) is 0 Å². The van der Waals surface area contributed by atoms with Gasteiger partial charge in [-0.25, -0.2) is 0 Å². The zero-order valence-corrected chi connectivity index (χ0v) is 16.2. The van der Waals surface area contributed by atoms with Gasteiger partial charge in [0.1, 0.15) is 0 Å². The highest BCUT2D eigenvalue weighted by Crippen LogP contribution is 2.48. The van der Waals surface area contributed by atoms with Crippen molar-refractivity contribution in [3.8, 4) is 0 Å². The molecule has 1 aromatic carbocycles. The fourth-order valence-electron chi connectivity index (χ4n) is 4.90. The van der Waals surface area contributed by atoms with Crippen molar-refractivity contribution in [2.45, 2.75) is 37.6 Å². The number of aromatic nitrogens is 1. The number of pyridine rings is 1. The topological polar surface area (TPSA) is 36.4 Å². The Morgan fingerprint density at radius 3 is 2.85 bits per heavy atom. The Labute approximate surface area is 165 Å². The lowest BCUT2D eigenvalue weighted by Gasteiger charge is -2.31. The van der Waals surface area contributed by atoms with E-state index in [4.69, 9.17) is 11.6 Å². The van der Waals surface area contributed by atoms with Crippen molar-refractivity contribution < 1.29 is 4.79 Å². The second-order valence-electron chi connectivity index (χ2n) is 8.24. The number of rotatable bonds is 4. The number of nitrogens with zero attached hydrogens (tertiary/aromatic N) is 3. The van der Waals surface area contributed by atoms with Gasteiger partial charge in [0.2, 0.25) is 5.91 Å². The van der Waals surface area contributed by atoms with Crippen molar-refractivity contribution >= 4 is 23.2 Å². The van der Waals surface area contributed by atoms with Crippen LogP contribution >= 0.6 is 11.6 Å². The molecule has 2 fully saturated rings. The molecule has 2 aromatic rings. The van der Waals surface area contributed by atoms with Gasteiger partial charge in [-0.3, -0.25) is 14.7 Å². The fourth-order valence-corrected chi connectivity index (χ4v) is 5.08. The summed E-state index contributed by atoms with van der Waals surface area (Å²) < 4.78 is 0. The summed E-state index contributed by atoms with van der Waals surface area (Å²) in [5.74, 6) is 0.976. The molecule has 5 heteroatoms. The number of hydrogen-bond acceptors (Lipinski definition) is 3. The lowest BCUT2D eigenvalue weighted by molar-refractivity contribution is -0.123. The van der Waals surface area contributed by atoms with Crippen LogP contribution in [0.25, 0.3) is 0 Å². The molecule has 3 aliphatic rings. The SMILES string of the molecule is O=C1N(CC2CCC2)c2ccccc2C12CCN(Cc1ccncc1Cl)C2. The zero-order chi connectivity index (χ0) is 18.4. The van der Waals surface area contributed by atoms with Gasteiger partial charge in [-0.05, 0) is 55.0 Å². The van der Waals surface area contributed by atoms with Gasteiger partial charge in [0, 0.05) is 37.7 Å². The molecule has 1 saturated heterocycles. The predicted octanol–water partition coefficient (Wildman–Crippen LogP) is 4.03. The monoisotopic (exact) mass is 381 g/mol. The van der Waals surface area contributed by atoms with Crippen LogP contribution < -0.4 is 4.90 Å². The Hall–Kier alpha value is -1.91. The quantitative estimate of drug-likeness (QED) is 0.802. The molecule has 1 aliphatic carbocycles. The van der Waals surface area contributed by atoms with Gasteiger partial charge in [0.25, 0.3) is 0 Å². The molecule has 3 heterocycles. The highest BCUT2D eigenvalue weighted by molar-refractivity contribution is 6.31. The van der Waals surface area contributed by atoms with Crippen molar-refractivity contribution in [3.05, 3.63) is 58.9 Å². The summed E-state index contributed by atoms with van der Waals surface area (Å²) in [6, 6.07) is 10.4. The molecule has 1 unspecified atom stereocenters. The maximum atomic E-state index is 13.6. The van der Waals surface area contributed by atoms with Crippen LogP contribution in [0.5, 0.6) is 0 Å². The molecule has 1 atom stereocenters. The number of carbonyl (C=O) groups excluding carboxylic acids is 1. The van der Waals surface area contributed by atoms with Crippen molar-refractivity contribution in [1.29, 1.82) is 0 Å². The van der Waals surface area contributed by atoms with Gasteiger partial charge >= 0.3 is 0 Å². The number of amides is 1. The van der Waals surface area contributed by atoms with E-state index in [0.29, 0.717) is 16.8 Å². The summed E-state index contributed by atoms with van der Waals surface area (Å²) >= 11 is 6.30. The van der Waals surface area contributed by atoms with E-state index in [-0.39, 0.29) is 5.41 Å². The first-order valence-corrected chi connectivity index (χ1v) is 10.3. The smallest absolute Gasteiger partial charge is 0.239 e. The largest absolute Gasteiger partial charge is 0.311 e. The van der Waals surface area contributed by atoms with Gasteiger partial charge < -0.3 is 4.90 Å². The van der Waals surface area contributed by atoms with Crippen molar-refractivity contribution in [2.75, 3.05) is 24.5 Å². The lowest BCUT2D eigenvalue weighted by Crippen LogP contribution is -2.44. The molecule has 4 nitrogen and oxygen atoms in total. The van der Waals surface area contributed by atoms with Gasteiger partial charge in [0.15, 0.2) is 0 Å². The lowest BCUT2D eigenvalue weighted by atomic mass is 9.81. The van der Waals surface area contributed by atoms with E-state index in [0.717, 1.165) is 43.9 Å². The maximum Gasteiger partial charge on any atom is 0.239 e. The summed E-state index contributed by atoms with van der Waals surface area (Å²) in [5.41, 5.74) is 3.05. The van der Waals surface area contributed by atoms with E-state index in [1.165, 1.54) is 24.8 Å². The standard InChI is InChI=1S/C22H24ClN3O/c23-19-12-24-10-8-17(19)14-25-11-9-22(15-25)18-6-1-2-7-20(18)26(21(22)27)13-16-4-3-5-16/h1-2,6-8,10,12,16H,3-5,9,11,13-15H2. The molecule has 1 saturated carbocycles. The molecular formula is C22H24ClN3O. The molecule has 1 spiro atoms. The van der Waals surface area contributed by atoms with Crippen LogP contribution in [0, 0.1) is 5.92 Å². The molecule has 1 amide bonds. The Morgan fingerprint density at radius 1 is 1.22 bits per heavy atom. The summed E-state index contributed by atoms with van der Waals surface area (Å²) in [6.45, 7) is 3.33. The number of fused-ring (bicyclic) bond motifs is 2. The van der Waals surface area contributed by atoms with Crippen LogP contribution in [0.1, 0.15) is 36.8 Å². The number of likely N-dealkylation sites (tertiary alicyclic amines) is 1. The average molecular weight is 382 g/mol. The van der Waals surface area contributed by atoms with E-state index in [1.54, 1.807) is 12.4 Å². The molecule has 140 valence electrons. The van der Waals surface area contributed by atoms with Crippen LogP contribution in [-0.4, -0.2) is 35.4 Å². The van der Waals surface area contributed by atoms with Crippen molar-refractivity contribution in [1.82, 2.24) is 9.88 Å². The molecule has 0 N–H and O–H groups in total. The van der Waals surface area contributed by atoms with E-state index >= 15 is 0 Å². The summed E-state index contributed by atoms with van der Waals surface area (Å²) in [4.78, 5) is 22.1. The minimum atomic E-state index is -0.389. The number of benzene rings is 1. The molecule has 1 aromatic heterocycles. The first kappa shape index (κ1) is 17.2. The summed E-state index contributed by atoms with van der Waals surface area (Å²) in [5, 5.41) is 0.697. The Balaban J connectivity index is 1.42. The van der Waals surface area contributed by atoms with Crippen molar-refractivity contribution in [3.63, 3.8) is 0 Å². The Morgan fingerprint density at radius 2 is 2.07 bits per heavy atom. The van der Waals surface area contributed by atoms with Gasteiger partial charge in [-0.15, -0.1) is 0 Å². The Bertz CT molecular complexity index is 881. The zero-order valence-electron chi connectivity index (χ0n) is 15.4. The van der Waals surface area contributed by atoms with Crippen LogP contribution in [0.3, 0.4) is 0 Å². The minimum Gasteiger partial charge on any atom is -0.311 e. The van der Waals surface area contributed by atoms with E-state index in [2.05, 4.69) is 39.0 Å². The number of para-hydroxylation sites is 1. The highest BCUT2D eigenvalue weighted by Gasteiger charge is 2.54. The van der Waals surface area contributed by atoms with Crippen molar-refractivity contribution in [2.24, 2.45) is 5.92 Å². The van der Waals surface area contributed by atoms with Crippen LogP contribution in [0.4, 0.5) is 5.69 Å². The minimum absolute atomic E-state index is 0.305. The third-order valence-corrected chi connectivity index (χ3v) is 6.97. The predicted molar refractivity (Wildman–Crippen MR) is 107 cm³/mol. The second-order valence-corrected chi connectivity index (χ2v) is 8.65. The molecule has 0 bridgehead atoms. The first-order valence-electron chi connectivity index (χ1n) is 9.90. The average Bonchev–Trinajstić information content (AvgIpc) is 3.16. The number of anilines is 1. The van der Waals surface area contributed by atoms with Gasteiger partial charge in [0.05, 0.1) is 10.4 Å². The molecule has 0 radical (unpaired) electrons. The van der Waals surface area contributed by atoms with E-state index < -0.39 is 0 Å². The number of carbonyl (C=O) groups is 1. The third kappa shape index (κ3) is 2.77. The second kappa shape index (κ2) is 6.61. The first-order chi connectivity index (χ1) is 13.2. The fraction of sp³-hybridized carbons (Fsp3) is 0.455. The maximum absolute atomic E-state index is 13.6. The highest BCUT2D eigenvalue weighted by atomic mass is 35.5. The molecule has 27 heavy (non-hydrogen) atoms. The number of hydrogen-bond donors (Lipinski definition) is 0. The molecular weight excluding hydrogens is 358 g/mol. The van der Waals surface area contributed by atoms with Crippen LogP contribution in [0.2, 0.25) is 5.02 Å². The summed E-state index contributed by atoms with van der Waals surface area (Å²) in [7, 11) is 0. The van der Waals surface area contributed by atoms with Crippen LogP contribution in [0.15, 0.2) is 42.7 Å².